The summed E-state index contributed by atoms with van der Waals surface area (Å²) < 4.78 is 15.5. The van der Waals surface area contributed by atoms with Crippen LogP contribution in [0.1, 0.15) is 34.2 Å². The third-order valence-electron chi connectivity index (χ3n) is 1.84. The minimum atomic E-state index is -1.00. The molecule has 0 bridgehead atoms. The Bertz CT molecular complexity index is 463. The summed E-state index contributed by atoms with van der Waals surface area (Å²) in [5, 5.41) is 20.9. The molecule has 0 saturated heterocycles. The second kappa shape index (κ2) is 26.6. The van der Waals surface area contributed by atoms with E-state index in [4.69, 9.17) is 29.4 Å². The van der Waals surface area contributed by atoms with Gasteiger partial charge in [-0.2, -0.15) is 0 Å². The van der Waals surface area contributed by atoms with Gasteiger partial charge in [0.2, 0.25) is 0 Å². The van der Waals surface area contributed by atoms with Crippen LogP contribution in [-0.2, 0) is 9.68 Å². The van der Waals surface area contributed by atoms with E-state index in [2.05, 4.69) is 24.1 Å². The van der Waals surface area contributed by atoms with Crippen molar-refractivity contribution in [3.63, 3.8) is 0 Å². The van der Waals surface area contributed by atoms with Crippen LogP contribution in [-0.4, -0.2) is 23.8 Å². The van der Waals surface area contributed by atoms with Gasteiger partial charge in [-0.25, -0.2) is 0 Å². The second-order valence-electron chi connectivity index (χ2n) is 3.84. The Labute approximate surface area is 236 Å². The molecule has 1 aromatic carbocycles. The van der Waals surface area contributed by atoms with E-state index in [1.807, 2.05) is 19.9 Å². The molecular formula is C14H25FK2N2O4S. The maximum atomic E-state index is 9.96. The van der Waals surface area contributed by atoms with Gasteiger partial charge in [0.15, 0.2) is 5.11 Å². The zero-order valence-electron chi connectivity index (χ0n) is 17.2. The Morgan fingerprint density at radius 2 is 1.88 bits per heavy atom. The fourth-order valence-corrected chi connectivity index (χ4v) is 1.18. The summed E-state index contributed by atoms with van der Waals surface area (Å²) in [6.45, 7) is 7.76. The summed E-state index contributed by atoms with van der Waals surface area (Å²) in [5.41, 5.74) is 7.88. The smallest absolute Gasteiger partial charge is 1.00 e. The van der Waals surface area contributed by atoms with Crippen molar-refractivity contribution in [2.75, 3.05) is 12.5 Å². The summed E-state index contributed by atoms with van der Waals surface area (Å²) in [6, 6.07) is 3.49. The Kier molecular flexibility index (Phi) is 36.5. The molecule has 0 saturated carbocycles. The first-order valence-electron chi connectivity index (χ1n) is 6.90. The molecule has 0 aliphatic rings. The van der Waals surface area contributed by atoms with Crippen LogP contribution in [0.25, 0.3) is 0 Å². The van der Waals surface area contributed by atoms with Crippen LogP contribution in [0.2, 0.25) is 0 Å². The molecule has 0 heterocycles. The SMILES string of the molecule is CCC.Cc1cc(NC(N)=S)c(C)cc1O.O=CO[O-].[2H]CF.[H-].[K+].[K+]. The topological polar surface area (TPSA) is 108 Å². The number of hydrogen-bond acceptors (Lipinski definition) is 5. The standard InChI is InChI=1S/C9H12N2OS.C3H8.CH3F.CH2O3.2K.H/c1-5-4-8(12)6(2)3-7(5)11-9(10)13;1-3-2;1-2;2-1-4-3;;;/h3-4,12H,1-2H3,(H3,10,11,13);3H2,1-2H3;1H3;1,3H;;;/q;;;;2*+1;-1/p-1/i;;1D;;;;. The number of phenols is 1. The summed E-state index contributed by atoms with van der Waals surface area (Å²) in [7, 11) is -1.00. The summed E-state index contributed by atoms with van der Waals surface area (Å²) in [4.78, 5) is 11.2. The van der Waals surface area contributed by atoms with Gasteiger partial charge >= 0.3 is 103 Å². The van der Waals surface area contributed by atoms with Gasteiger partial charge in [-0.3, -0.25) is 9.18 Å². The van der Waals surface area contributed by atoms with Crippen molar-refractivity contribution in [3.05, 3.63) is 23.3 Å². The first-order chi connectivity index (χ1) is 10.7. The fourth-order valence-electron chi connectivity index (χ4n) is 1.07. The number of aromatic hydroxyl groups is 1. The molecule has 0 fully saturated rings. The summed E-state index contributed by atoms with van der Waals surface area (Å²) in [5.74, 6) is 0.283. The number of nitrogens with one attached hydrogen (secondary N) is 1. The fraction of sp³-hybridized carbons (Fsp3) is 0.429. The second-order valence-corrected chi connectivity index (χ2v) is 4.28. The van der Waals surface area contributed by atoms with Crippen LogP contribution in [0.5, 0.6) is 5.75 Å². The van der Waals surface area contributed by atoms with Gasteiger partial charge in [-0.15, -0.1) is 0 Å². The number of hydrogen-bond donors (Lipinski definition) is 3. The number of halogens is 1. The van der Waals surface area contributed by atoms with Crippen molar-refractivity contribution in [2.24, 2.45) is 5.73 Å². The molecule has 6 nitrogen and oxygen atoms in total. The minimum Gasteiger partial charge on any atom is -1.00 e. The number of thiocarbonyl (C=S) groups is 1. The van der Waals surface area contributed by atoms with Gasteiger partial charge in [0.05, 0.1) is 8.52 Å². The van der Waals surface area contributed by atoms with Crippen LogP contribution in [0.15, 0.2) is 12.1 Å². The van der Waals surface area contributed by atoms with Crippen molar-refractivity contribution in [2.45, 2.75) is 34.1 Å². The zero-order valence-corrected chi connectivity index (χ0v) is 22.2. The van der Waals surface area contributed by atoms with E-state index in [0.29, 0.717) is 0 Å². The maximum Gasteiger partial charge on any atom is 1.00 e. The molecule has 24 heavy (non-hydrogen) atoms. The van der Waals surface area contributed by atoms with E-state index in [0.717, 1.165) is 16.8 Å². The minimum absolute atomic E-state index is 0. The number of carbonyl (C=O) groups is 1. The first kappa shape index (κ1) is 33.0. The molecule has 0 atom stereocenters. The number of aryl methyl sites for hydroxylation is 2. The zero-order chi connectivity index (χ0) is 18.8. The Morgan fingerprint density at radius 1 is 1.50 bits per heavy atom. The van der Waals surface area contributed by atoms with Gasteiger partial charge < -0.3 is 27.7 Å². The van der Waals surface area contributed by atoms with E-state index in [-0.39, 0.29) is 122 Å². The van der Waals surface area contributed by atoms with E-state index < -0.39 is 7.15 Å². The molecule has 1 rings (SSSR count). The summed E-state index contributed by atoms with van der Waals surface area (Å²) >= 11 is 4.72. The number of benzene rings is 1. The molecular weight excluding hydrogens is 389 g/mol. The van der Waals surface area contributed by atoms with Crippen molar-refractivity contribution in [1.29, 1.82) is 0 Å². The average molecular weight is 416 g/mol. The molecule has 10 heteroatoms. The first-order valence-corrected chi connectivity index (χ1v) is 6.60. The quantitative estimate of drug-likeness (QED) is 0.114. The van der Waals surface area contributed by atoms with E-state index in [1.165, 1.54) is 6.42 Å². The molecule has 0 aromatic heterocycles. The molecule has 130 valence electrons. The largest absolute Gasteiger partial charge is 1.00 e. The van der Waals surface area contributed by atoms with Gasteiger partial charge in [-0.1, -0.05) is 20.3 Å². The number of nitrogens with two attached hydrogens (primary N) is 1. The van der Waals surface area contributed by atoms with E-state index in [9.17, 15) is 9.50 Å². The summed E-state index contributed by atoms with van der Waals surface area (Å²) in [6.07, 6.45) is 1.25. The molecule has 0 unspecified atom stereocenters. The Balaban J connectivity index is -0.0000000655. The van der Waals surface area contributed by atoms with Crippen LogP contribution >= 0.6 is 12.2 Å². The van der Waals surface area contributed by atoms with Crippen molar-refractivity contribution in [1.82, 2.24) is 0 Å². The van der Waals surface area contributed by atoms with Crippen molar-refractivity contribution < 1.29 is 130 Å². The molecule has 0 spiro atoms. The monoisotopic (exact) mass is 415 g/mol. The van der Waals surface area contributed by atoms with Crippen LogP contribution < -0.4 is 119 Å². The Morgan fingerprint density at radius 3 is 2.17 bits per heavy atom. The van der Waals surface area contributed by atoms with Crippen LogP contribution in [0, 0.1) is 13.8 Å². The van der Waals surface area contributed by atoms with E-state index >= 15 is 0 Å². The van der Waals surface area contributed by atoms with Gasteiger partial charge in [0, 0.05) is 5.69 Å². The van der Waals surface area contributed by atoms with Gasteiger partial charge in [0.25, 0.3) is 6.47 Å². The van der Waals surface area contributed by atoms with Gasteiger partial charge in [0.1, 0.15) is 5.75 Å². The van der Waals surface area contributed by atoms with Crippen LogP contribution in [0.4, 0.5) is 10.1 Å². The van der Waals surface area contributed by atoms with E-state index in [1.54, 1.807) is 6.07 Å². The molecule has 0 amide bonds. The molecule has 1 aromatic rings. The normalized spacial score (nSPS) is 7.67. The van der Waals surface area contributed by atoms with Crippen LogP contribution in [0.3, 0.4) is 0 Å². The van der Waals surface area contributed by atoms with Gasteiger partial charge in [-0.05, 0) is 49.3 Å². The predicted octanol–water partition coefficient (Wildman–Crippen LogP) is -3.78. The third kappa shape index (κ3) is 23.3. The maximum absolute atomic E-state index is 9.96. The number of rotatable bonds is 2. The van der Waals surface area contributed by atoms with Crippen molar-refractivity contribution in [3.8, 4) is 5.75 Å². The predicted molar refractivity (Wildman–Crippen MR) is 89.2 cm³/mol. The molecule has 0 aliphatic heterocycles. The number of carbonyl (C=O) groups excluding carboxylic acids is 1. The third-order valence-corrected chi connectivity index (χ3v) is 1.94. The Hall–Kier alpha value is 1.34. The van der Waals surface area contributed by atoms with Crippen molar-refractivity contribution >= 4 is 29.5 Å². The average Bonchev–Trinajstić information content (AvgIpc) is 2.46. The molecule has 0 aliphatic carbocycles. The molecule has 0 radical (unpaired) electrons. The number of alkyl halides is 1. The number of anilines is 1. The number of phenolic OH excluding ortho intramolecular Hbond substituents is 1. The molecule has 4 N–H and O–H groups in total.